The molecule has 2 bridgehead atoms. The molecule has 7 atom stereocenters. The first kappa shape index (κ1) is 19.4. The summed E-state index contributed by atoms with van der Waals surface area (Å²) in [5, 5.41) is 10.0. The van der Waals surface area contributed by atoms with E-state index in [1.165, 1.54) is 29.9 Å². The van der Waals surface area contributed by atoms with Gasteiger partial charge in [-0.1, -0.05) is 0 Å². The maximum atomic E-state index is 12.9. The molecule has 0 saturated heterocycles. The summed E-state index contributed by atoms with van der Waals surface area (Å²) in [4.78, 5) is 35.4. The molecule has 27 heavy (non-hydrogen) atoms. The smallest absolute Gasteiger partial charge is 0.463 e. The van der Waals surface area contributed by atoms with Gasteiger partial charge in [0.25, 0.3) is 0 Å². The Balaban J connectivity index is 1.30. The van der Waals surface area contributed by atoms with Crippen LogP contribution in [-0.2, 0) is 26.9 Å². The minimum absolute atomic E-state index is 0.0381. The van der Waals surface area contributed by atoms with E-state index in [1.54, 1.807) is 0 Å². The van der Waals surface area contributed by atoms with Crippen molar-refractivity contribution in [2.24, 2.45) is 28.6 Å². The zero-order valence-electron chi connectivity index (χ0n) is 15.3. The third-order valence-electron chi connectivity index (χ3n) is 7.34. The van der Waals surface area contributed by atoms with Crippen molar-refractivity contribution in [1.82, 2.24) is 0 Å². The Bertz CT molecular complexity index is 666. The lowest BCUT2D eigenvalue weighted by Gasteiger charge is -2.51. The second-order valence-corrected chi connectivity index (χ2v) is 9.28. The van der Waals surface area contributed by atoms with Gasteiger partial charge in [0, 0.05) is 12.8 Å². The molecule has 0 amide bonds. The molecule has 0 aromatic rings. The molecule has 1 spiro atoms. The Hall–Kier alpha value is -0.900. The monoisotopic (exact) mass is 493 g/mol. The van der Waals surface area contributed by atoms with Crippen LogP contribution in [0.5, 0.6) is 0 Å². The van der Waals surface area contributed by atoms with Crippen molar-refractivity contribution < 1.29 is 55.0 Å². The normalized spacial score (nSPS) is 41.0. The van der Waals surface area contributed by atoms with E-state index in [2.05, 4.69) is 3.07 Å². The third-order valence-corrected chi connectivity index (χ3v) is 7.87. The third kappa shape index (κ3) is 3.07. The standard InChI is InChI=1S/C19H26IO7/c1-10(21)26-16-11-5-14-18(7-13(16)18)9-19(14,6-11)17(24)25-8-12(22)3-2-4-15(23)27-20/h11-14,16,20,22H,2-9H2,1H3/q+1. The summed E-state index contributed by atoms with van der Waals surface area (Å²) in [6.07, 6.45) is 3.88. The Morgan fingerprint density at radius 2 is 2.07 bits per heavy atom. The number of hydrogen-bond donors (Lipinski definition) is 1. The number of hydrogen-bond acceptors (Lipinski definition) is 7. The molecule has 8 heteroatoms. The SMILES string of the molecule is CC(=O)OC1C2CC3C(C(=O)OCC(O)CCCC(=O)O[IH+])(C2)CC32CC12. The minimum Gasteiger partial charge on any atom is -0.463 e. The summed E-state index contributed by atoms with van der Waals surface area (Å²) in [7, 11) is 0. The van der Waals surface area contributed by atoms with Gasteiger partial charge in [-0.15, -0.1) is 0 Å². The summed E-state index contributed by atoms with van der Waals surface area (Å²) in [5.41, 5.74) is -0.258. The molecule has 7 nitrogen and oxygen atoms in total. The fourth-order valence-corrected chi connectivity index (χ4v) is 6.59. The molecule has 4 aliphatic carbocycles. The van der Waals surface area contributed by atoms with Gasteiger partial charge in [-0.2, -0.15) is 0 Å². The molecule has 7 unspecified atom stereocenters. The fraction of sp³-hybridized carbons (Fsp3) is 0.842. The van der Waals surface area contributed by atoms with E-state index < -0.39 is 11.5 Å². The van der Waals surface area contributed by atoms with E-state index in [0.717, 1.165) is 25.7 Å². The van der Waals surface area contributed by atoms with Gasteiger partial charge in [0.2, 0.25) is 0 Å². The number of ether oxygens (including phenoxy) is 2. The number of fused-ring (bicyclic) bond motifs is 1. The van der Waals surface area contributed by atoms with Gasteiger partial charge in [0.05, 0.1) is 17.9 Å². The van der Waals surface area contributed by atoms with Gasteiger partial charge < -0.3 is 14.6 Å². The topological polar surface area (TPSA) is 99.1 Å². The van der Waals surface area contributed by atoms with Crippen LogP contribution < -0.4 is 23.0 Å². The molecular weight excluding hydrogens is 467 g/mol. The highest BCUT2D eigenvalue weighted by Gasteiger charge is 2.84. The summed E-state index contributed by atoms with van der Waals surface area (Å²) in [6, 6.07) is 0. The first-order valence-corrected chi connectivity index (χ1v) is 10.6. The van der Waals surface area contributed by atoms with Gasteiger partial charge in [0.1, 0.15) is 12.7 Å². The quantitative estimate of drug-likeness (QED) is 0.242. The van der Waals surface area contributed by atoms with E-state index >= 15 is 0 Å². The van der Waals surface area contributed by atoms with Gasteiger partial charge in [-0.3, -0.25) is 9.59 Å². The maximum absolute atomic E-state index is 12.9. The first-order valence-electron chi connectivity index (χ1n) is 9.67. The lowest BCUT2D eigenvalue weighted by Crippen LogP contribution is -3.34. The highest BCUT2D eigenvalue weighted by molar-refractivity contribution is 5.80. The molecule has 1 N–H and O–H groups in total. The summed E-state index contributed by atoms with van der Waals surface area (Å²) in [5.74, 6) is 0.259. The molecule has 4 rings (SSSR count). The Kier molecular flexibility index (Phi) is 4.93. The van der Waals surface area contributed by atoms with Crippen LogP contribution in [0.4, 0.5) is 0 Å². The van der Waals surface area contributed by atoms with Crippen molar-refractivity contribution in [3.63, 3.8) is 0 Å². The number of esters is 2. The Morgan fingerprint density at radius 3 is 2.78 bits per heavy atom. The largest absolute Gasteiger partial charge is 0.519 e. The lowest BCUT2D eigenvalue weighted by molar-refractivity contribution is -0.657. The van der Waals surface area contributed by atoms with Crippen LogP contribution in [0.25, 0.3) is 0 Å². The van der Waals surface area contributed by atoms with Crippen molar-refractivity contribution in [2.45, 2.75) is 64.1 Å². The number of carbonyl (C=O) groups is 3. The predicted molar refractivity (Wildman–Crippen MR) is 87.7 cm³/mol. The summed E-state index contributed by atoms with van der Waals surface area (Å²) >= 11 is 1.26. The zero-order valence-corrected chi connectivity index (χ0v) is 17.7. The predicted octanol–water partition coefficient (Wildman–Crippen LogP) is -1.83. The van der Waals surface area contributed by atoms with Crippen molar-refractivity contribution in [3.8, 4) is 0 Å². The molecule has 0 aliphatic heterocycles. The molecule has 4 aliphatic rings. The van der Waals surface area contributed by atoms with Crippen LogP contribution >= 0.6 is 0 Å². The molecule has 4 saturated carbocycles. The maximum Gasteiger partial charge on any atom is 0.519 e. The number of aliphatic hydroxyl groups excluding tert-OH is 1. The Morgan fingerprint density at radius 1 is 1.30 bits per heavy atom. The van der Waals surface area contributed by atoms with Gasteiger partial charge in [0.15, 0.2) is 0 Å². The van der Waals surface area contributed by atoms with Gasteiger partial charge >= 0.3 is 40.9 Å². The number of halogens is 1. The number of aliphatic hydroxyl groups is 1. The van der Waals surface area contributed by atoms with E-state index in [4.69, 9.17) is 9.47 Å². The van der Waals surface area contributed by atoms with E-state index in [-0.39, 0.29) is 48.4 Å². The number of carbonyl (C=O) groups excluding carboxylic acids is 3. The molecule has 4 fully saturated rings. The van der Waals surface area contributed by atoms with E-state index in [9.17, 15) is 19.5 Å². The van der Waals surface area contributed by atoms with Crippen LogP contribution in [0.2, 0.25) is 0 Å². The average Bonchev–Trinajstić information content (AvgIpc) is 3.31. The van der Waals surface area contributed by atoms with Crippen LogP contribution in [0, 0.1) is 28.6 Å². The molecule has 150 valence electrons. The van der Waals surface area contributed by atoms with Crippen LogP contribution in [-0.4, -0.2) is 41.8 Å². The van der Waals surface area contributed by atoms with Crippen molar-refractivity contribution in [1.29, 1.82) is 0 Å². The zero-order chi connectivity index (χ0) is 19.4. The van der Waals surface area contributed by atoms with E-state index in [1.807, 2.05) is 0 Å². The molecule has 0 heterocycles. The number of rotatable bonds is 8. The minimum atomic E-state index is -0.770. The lowest BCUT2D eigenvalue weighted by atomic mass is 9.52. The van der Waals surface area contributed by atoms with Crippen molar-refractivity contribution in [3.05, 3.63) is 0 Å². The second kappa shape index (κ2) is 6.86. The van der Waals surface area contributed by atoms with Crippen LogP contribution in [0.15, 0.2) is 0 Å². The molecule has 0 aromatic heterocycles. The van der Waals surface area contributed by atoms with Gasteiger partial charge in [-0.25, -0.2) is 7.86 Å². The second-order valence-electron chi connectivity index (χ2n) is 8.80. The first-order chi connectivity index (χ1) is 12.8. The summed E-state index contributed by atoms with van der Waals surface area (Å²) in [6.45, 7) is 1.41. The van der Waals surface area contributed by atoms with Crippen molar-refractivity contribution >= 4 is 17.9 Å². The van der Waals surface area contributed by atoms with Crippen molar-refractivity contribution in [2.75, 3.05) is 6.61 Å². The highest BCUT2D eigenvalue weighted by Crippen LogP contribution is 2.85. The Labute approximate surface area is 172 Å². The highest BCUT2D eigenvalue weighted by atomic mass is 127. The molecule has 0 aromatic carbocycles. The molecule has 0 radical (unpaired) electrons. The average molecular weight is 493 g/mol. The van der Waals surface area contributed by atoms with Crippen LogP contribution in [0.1, 0.15) is 51.9 Å². The summed E-state index contributed by atoms with van der Waals surface area (Å²) < 4.78 is 15.7. The fourth-order valence-electron chi connectivity index (χ4n) is 6.35. The molecular formula is C19H26IO7+. The van der Waals surface area contributed by atoms with Crippen LogP contribution in [0.3, 0.4) is 0 Å². The van der Waals surface area contributed by atoms with Gasteiger partial charge in [-0.05, 0) is 55.8 Å². The van der Waals surface area contributed by atoms with E-state index in [0.29, 0.717) is 24.7 Å².